The molecule has 1 aromatic rings. The number of carbonyl (C=O) groups excluding carboxylic acids is 4. The third-order valence-corrected chi connectivity index (χ3v) is 8.63. The molecule has 0 bridgehead atoms. The molecule has 3 heterocycles. The van der Waals surface area contributed by atoms with Gasteiger partial charge in [0.1, 0.15) is 42.9 Å². The van der Waals surface area contributed by atoms with Crippen molar-refractivity contribution < 1.29 is 76.6 Å². The average molecular weight is 712 g/mol. The van der Waals surface area contributed by atoms with Gasteiger partial charge in [0.2, 0.25) is 6.29 Å². The molecule has 1 spiro atoms. The summed E-state index contributed by atoms with van der Waals surface area (Å²) in [5.41, 5.74) is -0.181. The first-order valence-corrected chi connectivity index (χ1v) is 16.3. The van der Waals surface area contributed by atoms with Crippen LogP contribution in [-0.4, -0.2) is 114 Å². The van der Waals surface area contributed by atoms with E-state index >= 15 is 0 Å². The van der Waals surface area contributed by atoms with Crippen LogP contribution in [0.15, 0.2) is 24.3 Å². The highest BCUT2D eigenvalue weighted by atomic mass is 16.8. The monoisotopic (exact) mass is 711 g/mol. The second-order valence-electron chi connectivity index (χ2n) is 12.4. The number of aliphatic hydroxyl groups excluding tert-OH is 1. The van der Waals surface area contributed by atoms with Gasteiger partial charge >= 0.3 is 23.9 Å². The van der Waals surface area contributed by atoms with E-state index < -0.39 is 103 Å². The Bertz CT molecular complexity index is 1400. The molecule has 1 N–H and O–H groups in total. The van der Waals surface area contributed by atoms with Gasteiger partial charge in [-0.25, -0.2) is 0 Å². The van der Waals surface area contributed by atoms with Crippen molar-refractivity contribution in [3.05, 3.63) is 34.4 Å². The Balaban J connectivity index is 1.50. The van der Waals surface area contributed by atoms with E-state index in [2.05, 4.69) is 0 Å². The number of non-ortho nitro benzene ring substituents is 1. The highest BCUT2D eigenvalue weighted by molar-refractivity contribution is 5.68. The molecule has 0 unspecified atom stereocenters. The van der Waals surface area contributed by atoms with Crippen LogP contribution < -0.4 is 4.74 Å². The van der Waals surface area contributed by atoms with Crippen LogP contribution in [0.4, 0.5) is 5.69 Å². The van der Waals surface area contributed by atoms with Gasteiger partial charge in [0.05, 0.1) is 11.5 Å². The van der Waals surface area contributed by atoms with Crippen LogP contribution in [0.2, 0.25) is 0 Å². The molecule has 0 amide bonds. The SMILES string of the molecule is CC(=O)OC[C@H]1O[C@H](O[C@@H]2[C@H](O)[C@H](Oc3ccc([N+](=O)[O-])cc3)O[C@@H]3COC4(CCCCC4)O[C@@H]23)[C@@H](OC(C)=O)[C@@H](OC(C)=O)[C@@H]1OC(C)=O. The molecule has 0 aromatic heterocycles. The topological polar surface area (TPSA) is 224 Å². The number of aliphatic hydroxyl groups is 1. The first-order valence-electron chi connectivity index (χ1n) is 16.3. The molecule has 1 saturated carbocycles. The second kappa shape index (κ2) is 15.9. The number of nitro benzene ring substituents is 1. The Hall–Kier alpha value is -3.94. The molecular weight excluding hydrogens is 670 g/mol. The molecule has 18 nitrogen and oxygen atoms in total. The van der Waals surface area contributed by atoms with Crippen LogP contribution in [0, 0.1) is 10.1 Å². The molecule has 4 aliphatic rings. The van der Waals surface area contributed by atoms with E-state index in [1.165, 1.54) is 24.3 Å². The van der Waals surface area contributed by atoms with E-state index in [1.807, 2.05) is 0 Å². The van der Waals surface area contributed by atoms with Gasteiger partial charge in [-0.2, -0.15) is 0 Å². The Labute approximate surface area is 286 Å². The summed E-state index contributed by atoms with van der Waals surface area (Å²) in [7, 11) is 0. The largest absolute Gasteiger partial charge is 0.463 e. The quantitative estimate of drug-likeness (QED) is 0.157. The standard InChI is InChI=1S/C32H41NO17/c1-16(34)41-14-22-25(43-17(2)35)28(44-18(3)36)29(45-19(4)37)31(48-22)49-27-24(38)30(46-21-10-8-20(9-11-21)33(39)40)47-23-15-42-32(50-26(23)27)12-6-5-7-13-32/h8-11,22-31,38H,5-7,12-15H2,1-4H3/t22-,23-,24+,25-,26-,27-,28+,29+,30-,31-/m1/s1. The fourth-order valence-electron chi connectivity index (χ4n) is 6.53. The minimum absolute atomic E-state index is 0.0238. The van der Waals surface area contributed by atoms with E-state index in [0.29, 0.717) is 12.8 Å². The van der Waals surface area contributed by atoms with Crippen molar-refractivity contribution in [2.45, 2.75) is 127 Å². The minimum Gasteiger partial charge on any atom is -0.463 e. The summed E-state index contributed by atoms with van der Waals surface area (Å²) in [5, 5.41) is 22.9. The molecule has 4 fully saturated rings. The predicted octanol–water partition coefficient (Wildman–Crippen LogP) is 1.60. The number of nitro groups is 1. The smallest absolute Gasteiger partial charge is 0.303 e. The van der Waals surface area contributed by atoms with Crippen molar-refractivity contribution in [2.24, 2.45) is 0 Å². The fourth-order valence-corrected chi connectivity index (χ4v) is 6.53. The highest BCUT2D eigenvalue weighted by Gasteiger charge is 2.59. The first kappa shape index (κ1) is 37.3. The van der Waals surface area contributed by atoms with Crippen molar-refractivity contribution in [3.63, 3.8) is 0 Å². The van der Waals surface area contributed by atoms with E-state index in [0.717, 1.165) is 47.0 Å². The Morgan fingerprint density at radius 3 is 2.06 bits per heavy atom. The number of ether oxygens (including phenoxy) is 10. The lowest BCUT2D eigenvalue weighted by atomic mass is 9.90. The maximum absolute atomic E-state index is 12.4. The molecular formula is C32H41NO17. The van der Waals surface area contributed by atoms with Gasteiger partial charge < -0.3 is 52.5 Å². The lowest BCUT2D eigenvalue weighted by Crippen LogP contribution is -2.69. The van der Waals surface area contributed by atoms with Gasteiger partial charge in [-0.15, -0.1) is 0 Å². The zero-order chi connectivity index (χ0) is 36.2. The summed E-state index contributed by atoms with van der Waals surface area (Å²) < 4.78 is 59.0. The molecule has 276 valence electrons. The molecule has 18 heteroatoms. The molecule has 3 saturated heterocycles. The third-order valence-electron chi connectivity index (χ3n) is 8.63. The Kier molecular flexibility index (Phi) is 11.9. The van der Waals surface area contributed by atoms with E-state index in [1.54, 1.807) is 0 Å². The second-order valence-corrected chi connectivity index (χ2v) is 12.4. The fraction of sp³-hybridized carbons (Fsp3) is 0.688. The van der Waals surface area contributed by atoms with Gasteiger partial charge in [0.15, 0.2) is 30.4 Å². The molecule has 10 atom stereocenters. The molecule has 0 radical (unpaired) electrons. The molecule has 1 aromatic carbocycles. The van der Waals surface area contributed by atoms with Crippen LogP contribution in [0.25, 0.3) is 0 Å². The van der Waals surface area contributed by atoms with Gasteiger partial charge in [-0.3, -0.25) is 29.3 Å². The minimum atomic E-state index is -1.64. The van der Waals surface area contributed by atoms with Crippen LogP contribution in [0.5, 0.6) is 5.75 Å². The predicted molar refractivity (Wildman–Crippen MR) is 162 cm³/mol. The molecule has 50 heavy (non-hydrogen) atoms. The number of hydrogen-bond acceptors (Lipinski definition) is 17. The van der Waals surface area contributed by atoms with E-state index in [4.69, 9.17) is 47.4 Å². The normalized spacial score (nSPS) is 33.3. The number of hydrogen-bond donors (Lipinski definition) is 1. The molecule has 5 rings (SSSR count). The third kappa shape index (κ3) is 8.85. The number of nitrogens with zero attached hydrogens (tertiary/aromatic N) is 1. The maximum Gasteiger partial charge on any atom is 0.303 e. The number of carbonyl (C=O) groups is 4. The first-order chi connectivity index (χ1) is 23.7. The van der Waals surface area contributed by atoms with E-state index in [9.17, 15) is 34.4 Å². The lowest BCUT2D eigenvalue weighted by Gasteiger charge is -2.53. The summed E-state index contributed by atoms with van der Waals surface area (Å²) in [6.45, 7) is 3.97. The zero-order valence-corrected chi connectivity index (χ0v) is 28.0. The summed E-state index contributed by atoms with van der Waals surface area (Å²) in [6.07, 6.45) is -9.93. The molecule has 3 aliphatic heterocycles. The van der Waals surface area contributed by atoms with Crippen molar-refractivity contribution in [1.82, 2.24) is 0 Å². The number of rotatable bonds is 10. The van der Waals surface area contributed by atoms with Crippen molar-refractivity contribution in [1.29, 1.82) is 0 Å². The maximum atomic E-state index is 12.4. The number of fused-ring (bicyclic) bond motifs is 1. The summed E-state index contributed by atoms with van der Waals surface area (Å²) in [4.78, 5) is 59.2. The van der Waals surface area contributed by atoms with Crippen LogP contribution in [0.3, 0.4) is 0 Å². The zero-order valence-electron chi connectivity index (χ0n) is 28.0. The summed E-state index contributed by atoms with van der Waals surface area (Å²) in [5.74, 6) is -4.01. The average Bonchev–Trinajstić information content (AvgIpc) is 3.05. The van der Waals surface area contributed by atoms with Crippen molar-refractivity contribution in [2.75, 3.05) is 13.2 Å². The van der Waals surface area contributed by atoms with Crippen LogP contribution >= 0.6 is 0 Å². The summed E-state index contributed by atoms with van der Waals surface area (Å²) >= 11 is 0. The van der Waals surface area contributed by atoms with Crippen LogP contribution in [0.1, 0.15) is 59.8 Å². The lowest BCUT2D eigenvalue weighted by molar-refractivity contribution is -0.409. The Morgan fingerprint density at radius 2 is 1.46 bits per heavy atom. The van der Waals surface area contributed by atoms with Gasteiger partial charge in [-0.1, -0.05) is 6.42 Å². The van der Waals surface area contributed by atoms with Crippen molar-refractivity contribution >= 4 is 29.6 Å². The van der Waals surface area contributed by atoms with Crippen LogP contribution in [-0.2, 0) is 61.8 Å². The number of esters is 4. The number of benzene rings is 1. The molecule has 1 aliphatic carbocycles. The van der Waals surface area contributed by atoms with Gasteiger partial charge in [-0.05, 0) is 25.0 Å². The Morgan fingerprint density at radius 1 is 0.840 bits per heavy atom. The van der Waals surface area contributed by atoms with Gasteiger partial charge in [0, 0.05) is 52.7 Å². The highest BCUT2D eigenvalue weighted by Crippen LogP contribution is 2.43. The van der Waals surface area contributed by atoms with E-state index in [-0.39, 0.29) is 18.0 Å². The summed E-state index contributed by atoms with van der Waals surface area (Å²) in [6, 6.07) is 5.11. The van der Waals surface area contributed by atoms with Gasteiger partial charge in [0.25, 0.3) is 5.69 Å². The van der Waals surface area contributed by atoms with Crippen molar-refractivity contribution in [3.8, 4) is 5.75 Å².